The summed E-state index contributed by atoms with van der Waals surface area (Å²) in [6, 6.07) is 0. The quantitative estimate of drug-likeness (QED) is 0.352. The number of rotatable bonds is 6. The van der Waals surface area contributed by atoms with Crippen molar-refractivity contribution in [3.63, 3.8) is 0 Å². The molecule has 0 heterocycles. The molecule has 0 saturated carbocycles. The molecule has 7 heteroatoms. The van der Waals surface area contributed by atoms with E-state index in [4.69, 9.17) is 20.4 Å². The van der Waals surface area contributed by atoms with Crippen LogP contribution in [0.2, 0.25) is 0 Å². The van der Waals surface area contributed by atoms with E-state index in [1.165, 1.54) is 0 Å². The maximum Gasteiger partial charge on any atom is 0.159 e. The molecule has 0 aromatic rings. The minimum absolute atomic E-state index is 0.0580. The van der Waals surface area contributed by atoms with Gasteiger partial charge in [-0.3, -0.25) is 0 Å². The van der Waals surface area contributed by atoms with E-state index < -0.39 is 31.0 Å². The van der Waals surface area contributed by atoms with Gasteiger partial charge in [-0.15, -0.1) is 0 Å². The third kappa shape index (κ3) is 3.33. The number of aliphatic hydroxyl groups is 4. The molecule has 13 heavy (non-hydrogen) atoms. The van der Waals surface area contributed by atoms with Gasteiger partial charge in [0.25, 0.3) is 0 Å². The summed E-state index contributed by atoms with van der Waals surface area (Å²) in [4.78, 5) is 13.1. The van der Waals surface area contributed by atoms with Gasteiger partial charge < -0.3 is 25.2 Å². The molecule has 0 unspecified atom stereocenters. The third-order valence-corrected chi connectivity index (χ3v) is 1.50. The highest BCUT2D eigenvalue weighted by atomic mass is 19.3. The highest BCUT2D eigenvalue weighted by molar-refractivity contribution is 5.56. The van der Waals surface area contributed by atoms with Gasteiger partial charge in [-0.25, -0.2) is 0 Å². The number of hydrogen-bond acceptors (Lipinski definition) is 6. The van der Waals surface area contributed by atoms with E-state index in [0.29, 0.717) is 0 Å². The van der Waals surface area contributed by atoms with Crippen LogP contribution in [-0.4, -0.2) is 57.7 Å². The molecule has 0 aliphatic heterocycles. The maximum atomic E-state index is 11.7. The Morgan fingerprint density at radius 3 is 2.23 bits per heavy atom. The zero-order chi connectivity index (χ0) is 10.4. The summed E-state index contributed by atoms with van der Waals surface area (Å²) in [5.74, 6) is 0. The minimum atomic E-state index is -1.90. The van der Waals surface area contributed by atoms with Gasteiger partial charge in [0.15, 0.2) is 12.4 Å². The van der Waals surface area contributed by atoms with Crippen molar-refractivity contribution in [2.75, 3.05) is 6.61 Å². The lowest BCUT2D eigenvalue weighted by Crippen LogP contribution is -2.46. The van der Waals surface area contributed by atoms with E-state index in [2.05, 4.69) is 4.94 Å². The van der Waals surface area contributed by atoms with Crippen LogP contribution in [0.5, 0.6) is 0 Å². The fourth-order valence-electron chi connectivity index (χ4n) is 0.712. The van der Waals surface area contributed by atoms with Crippen molar-refractivity contribution in [2.45, 2.75) is 24.4 Å². The first-order valence-corrected chi connectivity index (χ1v) is 3.46. The van der Waals surface area contributed by atoms with Crippen molar-refractivity contribution in [1.29, 1.82) is 0 Å². The third-order valence-electron chi connectivity index (χ3n) is 1.50. The van der Waals surface area contributed by atoms with Crippen molar-refractivity contribution in [1.82, 2.24) is 0 Å². The standard InChI is InChI=1S/C6H11FO6/c7-13-6(4(11)2-9)5(12)3(10)1-8/h2-6,8,10-12H,1H2/t3-,4+,5+,6-/m1/s1. The summed E-state index contributed by atoms with van der Waals surface area (Å²) in [5.41, 5.74) is 0. The second-order valence-electron chi connectivity index (χ2n) is 2.42. The van der Waals surface area contributed by atoms with Crippen LogP contribution < -0.4 is 0 Å². The van der Waals surface area contributed by atoms with Crippen LogP contribution >= 0.6 is 0 Å². The fourth-order valence-corrected chi connectivity index (χ4v) is 0.712. The number of carbonyl (C=O) groups excluding carboxylic acids is 1. The number of aliphatic hydroxyl groups excluding tert-OH is 4. The summed E-state index contributed by atoms with van der Waals surface area (Å²) in [7, 11) is 0. The van der Waals surface area contributed by atoms with E-state index in [9.17, 15) is 9.32 Å². The molecule has 0 spiro atoms. The summed E-state index contributed by atoms with van der Waals surface area (Å²) in [5, 5.41) is 34.9. The fraction of sp³-hybridized carbons (Fsp3) is 0.833. The average Bonchev–Trinajstić information content (AvgIpc) is 2.17. The van der Waals surface area contributed by atoms with Crippen LogP contribution in [0, 0.1) is 0 Å². The van der Waals surface area contributed by atoms with Gasteiger partial charge >= 0.3 is 0 Å². The van der Waals surface area contributed by atoms with Gasteiger partial charge in [0.2, 0.25) is 0 Å². The predicted octanol–water partition coefficient (Wildman–Crippen LogP) is -2.47. The molecule has 0 aliphatic rings. The number of hydrogen-bond donors (Lipinski definition) is 4. The van der Waals surface area contributed by atoms with Crippen LogP contribution in [0.1, 0.15) is 0 Å². The lowest BCUT2D eigenvalue weighted by atomic mass is 10.0. The molecule has 0 aromatic carbocycles. The highest BCUT2D eigenvalue weighted by Crippen LogP contribution is 2.08. The van der Waals surface area contributed by atoms with Gasteiger partial charge in [-0.1, -0.05) is 0 Å². The second-order valence-corrected chi connectivity index (χ2v) is 2.42. The Hall–Kier alpha value is -0.600. The zero-order valence-electron chi connectivity index (χ0n) is 6.58. The van der Waals surface area contributed by atoms with Gasteiger partial charge in [0.1, 0.15) is 18.3 Å². The molecule has 4 atom stereocenters. The van der Waals surface area contributed by atoms with Gasteiger partial charge in [-0.2, -0.15) is 4.94 Å². The van der Waals surface area contributed by atoms with Crippen molar-refractivity contribution >= 4 is 6.29 Å². The van der Waals surface area contributed by atoms with Crippen molar-refractivity contribution in [3.05, 3.63) is 0 Å². The van der Waals surface area contributed by atoms with Crippen molar-refractivity contribution in [2.24, 2.45) is 0 Å². The summed E-state index contributed by atoms with van der Waals surface area (Å²) < 4.78 is 11.7. The van der Waals surface area contributed by atoms with Crippen LogP contribution in [-0.2, 0) is 9.74 Å². The van der Waals surface area contributed by atoms with E-state index >= 15 is 0 Å². The Balaban J connectivity index is 4.29. The van der Waals surface area contributed by atoms with Gasteiger partial charge in [0.05, 0.1) is 6.61 Å². The monoisotopic (exact) mass is 198 g/mol. The first kappa shape index (κ1) is 12.4. The Labute approximate surface area is 73.1 Å². The zero-order valence-corrected chi connectivity index (χ0v) is 6.58. The first-order chi connectivity index (χ1) is 6.08. The van der Waals surface area contributed by atoms with E-state index in [0.717, 1.165) is 0 Å². The van der Waals surface area contributed by atoms with E-state index in [1.807, 2.05) is 0 Å². The Morgan fingerprint density at radius 1 is 1.38 bits per heavy atom. The Bertz CT molecular complexity index is 154. The van der Waals surface area contributed by atoms with Crippen LogP contribution in [0.4, 0.5) is 4.53 Å². The highest BCUT2D eigenvalue weighted by Gasteiger charge is 2.33. The average molecular weight is 198 g/mol. The predicted molar refractivity (Wildman–Crippen MR) is 37.2 cm³/mol. The normalized spacial score (nSPS) is 20.4. The van der Waals surface area contributed by atoms with Crippen LogP contribution in [0.3, 0.4) is 0 Å². The molecule has 0 aromatic heterocycles. The molecule has 0 saturated heterocycles. The lowest BCUT2D eigenvalue weighted by molar-refractivity contribution is -0.246. The molecule has 0 fully saturated rings. The van der Waals surface area contributed by atoms with Gasteiger partial charge in [-0.05, 0) is 4.53 Å². The van der Waals surface area contributed by atoms with Crippen LogP contribution in [0.15, 0.2) is 0 Å². The smallest absolute Gasteiger partial charge is 0.159 e. The topological polar surface area (TPSA) is 107 Å². The molecule has 0 bridgehead atoms. The largest absolute Gasteiger partial charge is 0.394 e. The Morgan fingerprint density at radius 2 is 1.92 bits per heavy atom. The molecule has 0 radical (unpaired) electrons. The number of aldehydes is 1. The molecule has 6 nitrogen and oxygen atoms in total. The molecule has 78 valence electrons. The van der Waals surface area contributed by atoms with Crippen molar-refractivity contribution < 1.29 is 34.7 Å². The van der Waals surface area contributed by atoms with E-state index in [-0.39, 0.29) is 6.29 Å². The second kappa shape index (κ2) is 5.95. The SMILES string of the molecule is O=C[C@H](O)[C@@H](OF)[C@@H](O)[C@H](O)CO. The van der Waals surface area contributed by atoms with Crippen LogP contribution in [0.25, 0.3) is 0 Å². The molecular formula is C6H11FO6. The molecule has 0 amide bonds. The summed E-state index contributed by atoms with van der Waals surface area (Å²) in [6.45, 7) is -0.841. The lowest BCUT2D eigenvalue weighted by Gasteiger charge is -2.23. The maximum absolute atomic E-state index is 11.7. The summed E-state index contributed by atoms with van der Waals surface area (Å²) >= 11 is 0. The van der Waals surface area contributed by atoms with Crippen molar-refractivity contribution in [3.8, 4) is 0 Å². The van der Waals surface area contributed by atoms with E-state index in [1.54, 1.807) is 0 Å². The summed E-state index contributed by atoms with van der Waals surface area (Å²) in [6.07, 6.45) is -7.43. The molecule has 4 N–H and O–H groups in total. The molecular weight excluding hydrogens is 187 g/mol. The first-order valence-electron chi connectivity index (χ1n) is 3.46. The van der Waals surface area contributed by atoms with Gasteiger partial charge in [0, 0.05) is 0 Å². The number of halogens is 1. The molecule has 0 rings (SSSR count). The Kier molecular flexibility index (Phi) is 5.67. The minimum Gasteiger partial charge on any atom is -0.394 e. The number of carbonyl (C=O) groups is 1. The molecule has 0 aliphatic carbocycles.